The molecule has 3 rings (SSSR count). The third-order valence-corrected chi connectivity index (χ3v) is 5.93. The van der Waals surface area contributed by atoms with Crippen LogP contribution in [0.25, 0.3) is 0 Å². The second-order valence-electron chi connectivity index (χ2n) is 7.55. The van der Waals surface area contributed by atoms with Crippen LogP contribution in [0.1, 0.15) is 48.2 Å². The summed E-state index contributed by atoms with van der Waals surface area (Å²) in [5.74, 6) is 0.602. The van der Waals surface area contributed by atoms with Crippen molar-refractivity contribution in [3.63, 3.8) is 0 Å². The van der Waals surface area contributed by atoms with Crippen molar-refractivity contribution in [2.75, 3.05) is 13.6 Å². The van der Waals surface area contributed by atoms with Gasteiger partial charge in [0.1, 0.15) is 5.82 Å². The lowest BCUT2D eigenvalue weighted by Gasteiger charge is -2.31. The largest absolute Gasteiger partial charge is 0.356 e. The summed E-state index contributed by atoms with van der Waals surface area (Å²) in [4.78, 5) is 4.38. The Morgan fingerprint density at radius 1 is 1.18 bits per heavy atom. The molecule has 1 fully saturated rings. The van der Waals surface area contributed by atoms with E-state index >= 15 is 0 Å². The number of nitrogens with zero attached hydrogens (tertiary/aromatic N) is 3. The van der Waals surface area contributed by atoms with E-state index in [9.17, 15) is 4.39 Å². The van der Waals surface area contributed by atoms with Gasteiger partial charge in [-0.25, -0.2) is 4.39 Å². The van der Waals surface area contributed by atoms with Gasteiger partial charge in [0.25, 0.3) is 0 Å². The lowest BCUT2D eigenvalue weighted by atomic mass is 9.79. The van der Waals surface area contributed by atoms with Gasteiger partial charge in [0.2, 0.25) is 0 Å². The summed E-state index contributed by atoms with van der Waals surface area (Å²) in [6.45, 7) is 5.59. The Bertz CT molecular complexity index is 807. The fourth-order valence-electron chi connectivity index (χ4n) is 4.14. The van der Waals surface area contributed by atoms with E-state index < -0.39 is 0 Å². The van der Waals surface area contributed by atoms with Crippen molar-refractivity contribution in [3.8, 4) is 0 Å². The van der Waals surface area contributed by atoms with Crippen molar-refractivity contribution in [1.82, 2.24) is 20.4 Å². The predicted molar refractivity (Wildman–Crippen MR) is 123 cm³/mol. The van der Waals surface area contributed by atoms with Crippen molar-refractivity contribution in [1.29, 1.82) is 0 Å². The first-order valence-electron chi connectivity index (χ1n) is 9.65. The first-order chi connectivity index (χ1) is 12.9. The number of hydrogen-bond acceptors (Lipinski definition) is 2. The van der Waals surface area contributed by atoms with E-state index in [1.165, 1.54) is 24.0 Å². The number of benzene rings is 1. The molecular formula is C21H31FIN5. The molecule has 1 aromatic heterocycles. The van der Waals surface area contributed by atoms with Gasteiger partial charge in [-0.15, -0.1) is 24.0 Å². The molecule has 0 bridgehead atoms. The Morgan fingerprint density at radius 3 is 2.36 bits per heavy atom. The van der Waals surface area contributed by atoms with Crippen molar-refractivity contribution >= 4 is 29.9 Å². The topological polar surface area (TPSA) is 54.2 Å². The third-order valence-electron chi connectivity index (χ3n) is 5.93. The fourth-order valence-corrected chi connectivity index (χ4v) is 4.14. The minimum atomic E-state index is -0.181. The number of aliphatic imine (C=N–C) groups is 1. The molecule has 0 unspecified atom stereocenters. The Labute approximate surface area is 184 Å². The van der Waals surface area contributed by atoms with Gasteiger partial charge in [-0.1, -0.05) is 25.0 Å². The highest BCUT2D eigenvalue weighted by molar-refractivity contribution is 14.0. The molecule has 1 saturated carbocycles. The summed E-state index contributed by atoms with van der Waals surface area (Å²) in [6.07, 6.45) is 4.64. The molecule has 0 atom stereocenters. The van der Waals surface area contributed by atoms with Gasteiger partial charge < -0.3 is 10.6 Å². The monoisotopic (exact) mass is 499 g/mol. The molecule has 28 heavy (non-hydrogen) atoms. The molecule has 1 aliphatic rings. The third kappa shape index (κ3) is 4.85. The van der Waals surface area contributed by atoms with Crippen LogP contribution >= 0.6 is 24.0 Å². The van der Waals surface area contributed by atoms with Gasteiger partial charge in [0.15, 0.2) is 5.96 Å². The predicted octanol–water partition coefficient (Wildman–Crippen LogP) is 3.97. The van der Waals surface area contributed by atoms with Gasteiger partial charge >= 0.3 is 0 Å². The lowest BCUT2D eigenvalue weighted by molar-refractivity contribution is 0.431. The van der Waals surface area contributed by atoms with Gasteiger partial charge in [0.05, 0.1) is 5.69 Å². The molecule has 5 nitrogen and oxygen atoms in total. The number of rotatable bonds is 5. The lowest BCUT2D eigenvalue weighted by Crippen LogP contribution is -2.44. The zero-order chi connectivity index (χ0) is 19.4. The van der Waals surface area contributed by atoms with E-state index in [2.05, 4.69) is 27.6 Å². The maximum Gasteiger partial charge on any atom is 0.191 e. The molecule has 2 N–H and O–H groups in total. The average molecular weight is 499 g/mol. The maximum atomic E-state index is 13.3. The van der Waals surface area contributed by atoms with Crippen molar-refractivity contribution in [2.45, 2.75) is 51.5 Å². The van der Waals surface area contributed by atoms with Crippen LogP contribution < -0.4 is 10.6 Å². The smallest absolute Gasteiger partial charge is 0.191 e. The molecule has 0 radical (unpaired) electrons. The fraction of sp³-hybridized carbons (Fsp3) is 0.524. The van der Waals surface area contributed by atoms with E-state index in [1.807, 2.05) is 30.8 Å². The van der Waals surface area contributed by atoms with Crippen LogP contribution in [-0.4, -0.2) is 29.3 Å². The van der Waals surface area contributed by atoms with E-state index in [-0.39, 0.29) is 35.2 Å². The van der Waals surface area contributed by atoms with Gasteiger partial charge in [-0.3, -0.25) is 9.67 Å². The summed E-state index contributed by atoms with van der Waals surface area (Å²) < 4.78 is 15.3. The number of guanidine groups is 1. The van der Waals surface area contributed by atoms with E-state index in [0.717, 1.165) is 36.7 Å². The van der Waals surface area contributed by atoms with Crippen LogP contribution in [-0.2, 0) is 19.0 Å². The van der Waals surface area contributed by atoms with Crippen LogP contribution in [0.15, 0.2) is 29.3 Å². The van der Waals surface area contributed by atoms with Crippen LogP contribution in [0.4, 0.5) is 4.39 Å². The van der Waals surface area contributed by atoms with Gasteiger partial charge in [0, 0.05) is 43.9 Å². The molecule has 1 aliphatic carbocycles. The summed E-state index contributed by atoms with van der Waals surface area (Å²) in [5.41, 5.74) is 4.66. The van der Waals surface area contributed by atoms with Gasteiger partial charge in [-0.05, 0) is 44.4 Å². The average Bonchev–Trinajstić information content (AvgIpc) is 3.23. The maximum absolute atomic E-state index is 13.3. The minimum absolute atomic E-state index is 0. The highest BCUT2D eigenvalue weighted by Gasteiger charge is 2.35. The van der Waals surface area contributed by atoms with Crippen molar-refractivity contribution in [2.24, 2.45) is 12.0 Å². The van der Waals surface area contributed by atoms with E-state index in [4.69, 9.17) is 0 Å². The minimum Gasteiger partial charge on any atom is -0.356 e. The standard InChI is InChI=1S/C21H30FN5.HI/c1-15-19(16(2)27(4)26-15)13-24-20(23-3)25-14-21(11-5-6-12-21)17-7-9-18(22)10-8-17;/h7-10H,5-6,11-14H2,1-4H3,(H2,23,24,25);1H. The number of aryl methyl sites for hydroxylation is 2. The number of halogens is 2. The van der Waals surface area contributed by atoms with Crippen molar-refractivity contribution in [3.05, 3.63) is 52.6 Å². The molecular weight excluding hydrogens is 468 g/mol. The quantitative estimate of drug-likeness (QED) is 0.372. The molecule has 1 aromatic carbocycles. The van der Waals surface area contributed by atoms with Gasteiger partial charge in [-0.2, -0.15) is 5.10 Å². The first kappa shape index (κ1) is 22.6. The molecule has 0 aliphatic heterocycles. The van der Waals surface area contributed by atoms with Crippen LogP contribution in [0.2, 0.25) is 0 Å². The normalized spacial score (nSPS) is 16.0. The highest BCUT2D eigenvalue weighted by atomic mass is 127. The SMILES string of the molecule is CN=C(NCc1c(C)nn(C)c1C)NCC1(c2ccc(F)cc2)CCCC1.I. The second kappa shape index (κ2) is 9.71. The Balaban J connectivity index is 0.00000280. The zero-order valence-corrected chi connectivity index (χ0v) is 19.5. The van der Waals surface area contributed by atoms with Crippen LogP contribution in [0.5, 0.6) is 0 Å². The summed E-state index contributed by atoms with van der Waals surface area (Å²) in [6, 6.07) is 6.99. The molecule has 1 heterocycles. The second-order valence-corrected chi connectivity index (χ2v) is 7.55. The summed E-state index contributed by atoms with van der Waals surface area (Å²) in [5, 5.41) is 11.4. The molecule has 0 spiro atoms. The van der Waals surface area contributed by atoms with Crippen LogP contribution in [0.3, 0.4) is 0 Å². The molecule has 154 valence electrons. The summed E-state index contributed by atoms with van der Waals surface area (Å²) >= 11 is 0. The molecule has 7 heteroatoms. The summed E-state index contributed by atoms with van der Waals surface area (Å²) in [7, 11) is 3.75. The van der Waals surface area contributed by atoms with E-state index in [0.29, 0.717) is 6.54 Å². The first-order valence-corrected chi connectivity index (χ1v) is 9.65. The highest BCUT2D eigenvalue weighted by Crippen LogP contribution is 2.40. The van der Waals surface area contributed by atoms with Crippen LogP contribution in [0, 0.1) is 19.7 Å². The molecule has 0 saturated heterocycles. The Hall–Kier alpha value is -1.64. The Morgan fingerprint density at radius 2 is 1.82 bits per heavy atom. The Kier molecular flexibility index (Phi) is 7.86. The molecule has 2 aromatic rings. The number of aromatic nitrogens is 2. The van der Waals surface area contributed by atoms with Crippen molar-refractivity contribution < 1.29 is 4.39 Å². The number of hydrogen-bond donors (Lipinski definition) is 2. The van der Waals surface area contributed by atoms with E-state index in [1.54, 1.807) is 19.2 Å². The number of nitrogens with one attached hydrogen (secondary N) is 2. The molecule has 0 amide bonds. The zero-order valence-electron chi connectivity index (χ0n) is 17.2.